The van der Waals surface area contributed by atoms with Crippen LogP contribution >= 0.6 is 0 Å². The minimum absolute atomic E-state index is 0.0335. The highest BCUT2D eigenvalue weighted by Gasteiger charge is 2.47. The molecule has 0 saturated carbocycles. The summed E-state index contributed by atoms with van der Waals surface area (Å²) in [5.41, 5.74) is 2.43. The summed E-state index contributed by atoms with van der Waals surface area (Å²) in [6, 6.07) is 12.8. The molecule has 2 aromatic rings. The van der Waals surface area contributed by atoms with Crippen molar-refractivity contribution in [3.63, 3.8) is 0 Å². The lowest BCUT2D eigenvalue weighted by Gasteiger charge is -2.38. The Kier molecular flexibility index (Phi) is 5.80. The van der Waals surface area contributed by atoms with Crippen LogP contribution < -0.4 is 10.2 Å². The van der Waals surface area contributed by atoms with Gasteiger partial charge in [-0.2, -0.15) is 0 Å². The van der Waals surface area contributed by atoms with Gasteiger partial charge in [-0.25, -0.2) is 9.87 Å². The molecule has 5 nitrogen and oxygen atoms in total. The molecule has 1 amide bonds. The second-order valence-corrected chi connectivity index (χ2v) is 8.17. The fraction of sp³-hybridized carbons (Fsp3) is 0.316. The highest BCUT2D eigenvalue weighted by molar-refractivity contribution is 7.92. The third-order valence-electron chi connectivity index (χ3n) is 4.60. The fourth-order valence-corrected chi connectivity index (χ4v) is 5.18. The summed E-state index contributed by atoms with van der Waals surface area (Å²) in [5, 5.41) is 8.90. The number of hydrogen-bond acceptors (Lipinski definition) is 4. The van der Waals surface area contributed by atoms with E-state index >= 15 is 0 Å². The first kappa shape index (κ1) is 18.7. The van der Waals surface area contributed by atoms with E-state index in [1.54, 1.807) is 29.7 Å². The molecule has 2 N–H and O–H groups in total. The van der Waals surface area contributed by atoms with Gasteiger partial charge in [-0.15, -0.1) is 0 Å². The molecule has 26 heavy (non-hydrogen) atoms. The predicted molar refractivity (Wildman–Crippen MR) is 96.0 cm³/mol. The summed E-state index contributed by atoms with van der Waals surface area (Å²) >= 11 is -1.21. The van der Waals surface area contributed by atoms with E-state index in [2.05, 4.69) is 0 Å². The van der Waals surface area contributed by atoms with Crippen LogP contribution in [0.15, 0.2) is 48.5 Å². The molecule has 2 aromatic carbocycles. The first-order valence-electron chi connectivity index (χ1n) is 8.39. The highest BCUT2D eigenvalue weighted by Crippen LogP contribution is 2.43. The van der Waals surface area contributed by atoms with Crippen molar-refractivity contribution in [3.8, 4) is 11.5 Å². The van der Waals surface area contributed by atoms with Gasteiger partial charge in [-0.1, -0.05) is 12.1 Å². The number of nitrogens with one attached hydrogen (secondary N) is 1. The molecule has 1 aliphatic heterocycles. The molecule has 0 aliphatic carbocycles. The zero-order chi connectivity index (χ0) is 18.6. The van der Waals surface area contributed by atoms with Gasteiger partial charge in [0.25, 0.3) is 0 Å². The molecule has 0 radical (unpaired) electrons. The molecular formula is C19H20FNO4S. The van der Waals surface area contributed by atoms with E-state index in [1.807, 2.05) is 0 Å². The van der Waals surface area contributed by atoms with Gasteiger partial charge in [0, 0.05) is 12.0 Å². The van der Waals surface area contributed by atoms with E-state index < -0.39 is 21.8 Å². The first-order valence-corrected chi connectivity index (χ1v) is 9.71. The predicted octanol–water partition coefficient (Wildman–Crippen LogP) is 3.64. The Balaban J connectivity index is 1.83. The Morgan fingerprint density at radius 3 is 2.35 bits per heavy atom. The Hall–Kier alpha value is -2.09. The van der Waals surface area contributed by atoms with Crippen LogP contribution in [0.2, 0.25) is 0 Å². The highest BCUT2D eigenvalue weighted by atomic mass is 32.2. The minimum atomic E-state index is -1.21. The monoisotopic (exact) mass is 377 g/mol. The number of hydrogen-bond donors (Lipinski definition) is 2. The van der Waals surface area contributed by atoms with Crippen molar-refractivity contribution in [2.75, 3.05) is 5.75 Å². The van der Waals surface area contributed by atoms with Crippen LogP contribution in [0.5, 0.6) is 11.5 Å². The lowest BCUT2D eigenvalue weighted by Crippen LogP contribution is -2.44. The van der Waals surface area contributed by atoms with Gasteiger partial charge in [-0.3, -0.25) is 10.0 Å². The molecule has 2 unspecified atom stereocenters. The van der Waals surface area contributed by atoms with Crippen molar-refractivity contribution < 1.29 is 23.7 Å². The van der Waals surface area contributed by atoms with Crippen LogP contribution in [0.1, 0.15) is 31.2 Å². The van der Waals surface area contributed by atoms with Gasteiger partial charge >= 0.3 is 0 Å². The Bertz CT molecular complexity index is 753. The molecule has 1 fully saturated rings. The Morgan fingerprint density at radius 1 is 1.15 bits per heavy atom. The zero-order valence-electron chi connectivity index (χ0n) is 14.1. The number of ether oxygens (including phenoxy) is 1. The zero-order valence-corrected chi connectivity index (χ0v) is 14.9. The van der Waals surface area contributed by atoms with E-state index in [-0.39, 0.29) is 12.2 Å². The van der Waals surface area contributed by atoms with Crippen LogP contribution in [0.4, 0.5) is 4.39 Å². The van der Waals surface area contributed by atoms with Gasteiger partial charge < -0.3 is 9.29 Å². The lowest BCUT2D eigenvalue weighted by molar-refractivity contribution is -0.130. The van der Waals surface area contributed by atoms with Gasteiger partial charge in [0.05, 0.1) is 6.42 Å². The smallest absolute Gasteiger partial charge is 0.249 e. The maximum atomic E-state index is 13.0. The number of rotatable bonds is 5. The summed E-state index contributed by atoms with van der Waals surface area (Å²) < 4.78 is 30.6. The second-order valence-electron chi connectivity index (χ2n) is 6.29. The van der Waals surface area contributed by atoms with Crippen molar-refractivity contribution in [2.24, 2.45) is 0 Å². The van der Waals surface area contributed by atoms with E-state index in [1.165, 1.54) is 24.3 Å². The largest absolute Gasteiger partial charge is 0.616 e. The molecule has 1 aliphatic rings. The maximum absolute atomic E-state index is 13.0. The molecule has 2 atom stereocenters. The normalized spacial score (nSPS) is 22.7. The molecule has 1 heterocycles. The Labute approximate surface area is 154 Å². The summed E-state index contributed by atoms with van der Waals surface area (Å²) in [6.07, 6.45) is 2.32. The van der Waals surface area contributed by atoms with Crippen molar-refractivity contribution in [1.29, 1.82) is 0 Å². The summed E-state index contributed by atoms with van der Waals surface area (Å²) in [7, 11) is 0. The average Bonchev–Trinajstić information content (AvgIpc) is 2.66. The van der Waals surface area contributed by atoms with Gasteiger partial charge in [0.1, 0.15) is 23.1 Å². The third-order valence-corrected chi connectivity index (χ3v) is 6.71. The topological polar surface area (TPSA) is 81.6 Å². The number of carbonyl (C=O) groups excluding carboxylic acids is 1. The van der Waals surface area contributed by atoms with Crippen LogP contribution in [0, 0.1) is 5.82 Å². The quantitative estimate of drug-likeness (QED) is 0.473. The molecule has 0 aromatic heterocycles. The van der Waals surface area contributed by atoms with Crippen molar-refractivity contribution in [2.45, 2.75) is 30.4 Å². The molecule has 138 valence electrons. The van der Waals surface area contributed by atoms with Crippen molar-refractivity contribution in [1.82, 2.24) is 5.48 Å². The number of hydroxylamine groups is 1. The van der Waals surface area contributed by atoms with Crippen LogP contribution in [-0.4, -0.2) is 21.4 Å². The summed E-state index contributed by atoms with van der Waals surface area (Å²) in [5.74, 6) is 0.717. The van der Waals surface area contributed by atoms with Crippen LogP contribution in [-0.2, 0) is 20.7 Å². The fourth-order valence-electron chi connectivity index (χ4n) is 3.26. The molecule has 1 saturated heterocycles. The molecule has 7 heteroatoms. The average molecular weight is 377 g/mol. The van der Waals surface area contributed by atoms with Gasteiger partial charge in [-0.05, 0) is 60.4 Å². The molecule has 0 spiro atoms. The maximum Gasteiger partial charge on any atom is 0.249 e. The van der Waals surface area contributed by atoms with E-state index in [0.717, 1.165) is 18.4 Å². The Morgan fingerprint density at radius 2 is 1.77 bits per heavy atom. The van der Waals surface area contributed by atoms with E-state index in [4.69, 9.17) is 9.94 Å². The second kappa shape index (κ2) is 8.07. The summed E-state index contributed by atoms with van der Waals surface area (Å²) in [4.78, 5) is 11.8. The third kappa shape index (κ3) is 4.00. The van der Waals surface area contributed by atoms with E-state index in [9.17, 15) is 13.7 Å². The van der Waals surface area contributed by atoms with Crippen molar-refractivity contribution in [3.05, 3.63) is 59.9 Å². The number of carbonyl (C=O) groups is 1. The standard InChI is InChI=1S/C19H20FNO4S/c20-15-5-9-17(10-6-15)25-16-7-3-14(4-8-16)19(13-18(22)21-23)11-1-2-12-26(19)24/h3-10,23H,1-2,11-13H2,(H,21,22). The van der Waals surface area contributed by atoms with Crippen LogP contribution in [0.25, 0.3) is 0 Å². The summed E-state index contributed by atoms with van der Waals surface area (Å²) in [6.45, 7) is 0. The van der Waals surface area contributed by atoms with Gasteiger partial charge in [0.2, 0.25) is 5.91 Å². The minimum Gasteiger partial charge on any atom is -0.616 e. The SMILES string of the molecule is O=C(CC1(c2ccc(Oc3ccc(F)cc3)cc2)CCCC[S+]1[O-])NO. The number of halogens is 1. The lowest BCUT2D eigenvalue weighted by atomic mass is 9.88. The number of benzene rings is 2. The van der Waals surface area contributed by atoms with Crippen molar-refractivity contribution >= 4 is 17.1 Å². The van der Waals surface area contributed by atoms with Crippen LogP contribution in [0.3, 0.4) is 0 Å². The first-order chi connectivity index (χ1) is 12.5. The molecule has 0 bridgehead atoms. The molecular weight excluding hydrogens is 357 g/mol. The van der Waals surface area contributed by atoms with E-state index in [0.29, 0.717) is 23.7 Å². The number of amides is 1. The molecule has 3 rings (SSSR count). The van der Waals surface area contributed by atoms with Gasteiger partial charge in [0.15, 0.2) is 4.75 Å².